The van der Waals surface area contributed by atoms with Crippen molar-refractivity contribution in [3.63, 3.8) is 0 Å². The van der Waals surface area contributed by atoms with E-state index in [-0.39, 0.29) is 18.4 Å². The number of amides is 1. The first-order chi connectivity index (χ1) is 15.6. The zero-order chi connectivity index (χ0) is 22.8. The molecule has 0 spiro atoms. The van der Waals surface area contributed by atoms with Crippen molar-refractivity contribution in [2.75, 3.05) is 13.2 Å². The zero-order valence-electron chi connectivity index (χ0n) is 19.0. The molecule has 1 unspecified atom stereocenters. The Balaban J connectivity index is 1.56. The Morgan fingerprint density at radius 1 is 1.00 bits per heavy atom. The van der Waals surface area contributed by atoms with Gasteiger partial charge in [-0.2, -0.15) is 0 Å². The fourth-order valence-corrected chi connectivity index (χ4v) is 3.12. The molecule has 1 atom stereocenters. The lowest BCUT2D eigenvalue weighted by Gasteiger charge is -2.18. The summed E-state index contributed by atoms with van der Waals surface area (Å²) in [5.74, 6) is 2.25. The van der Waals surface area contributed by atoms with Crippen molar-refractivity contribution in [3.05, 3.63) is 60.0 Å². The Hall–Kier alpha value is -3.35. The lowest BCUT2D eigenvalue weighted by molar-refractivity contribution is -0.121. The summed E-state index contributed by atoms with van der Waals surface area (Å²) in [6.45, 7) is 7.32. The van der Waals surface area contributed by atoms with Crippen molar-refractivity contribution in [1.29, 1.82) is 0 Å². The highest BCUT2D eigenvalue weighted by Crippen LogP contribution is 2.31. The predicted molar refractivity (Wildman–Crippen MR) is 123 cm³/mol. The number of ether oxygens (including phenoxy) is 2. The van der Waals surface area contributed by atoms with E-state index in [1.54, 1.807) is 0 Å². The molecule has 170 valence electrons. The van der Waals surface area contributed by atoms with Crippen LogP contribution in [0.15, 0.2) is 52.9 Å². The van der Waals surface area contributed by atoms with E-state index in [9.17, 15) is 4.79 Å². The molecular formula is C25H31N3O4. The number of nitrogens with one attached hydrogen (secondary N) is 1. The fraction of sp³-hybridized carbons (Fsp3) is 0.400. The first kappa shape index (κ1) is 23.3. The van der Waals surface area contributed by atoms with E-state index in [1.807, 2.05) is 55.5 Å². The summed E-state index contributed by atoms with van der Waals surface area (Å²) in [6.07, 6.45) is 2.48. The summed E-state index contributed by atoms with van der Waals surface area (Å²) in [4.78, 5) is 12.5. The summed E-state index contributed by atoms with van der Waals surface area (Å²) in [7, 11) is 0. The van der Waals surface area contributed by atoms with Crippen LogP contribution < -0.4 is 14.8 Å². The van der Waals surface area contributed by atoms with Crippen molar-refractivity contribution < 1.29 is 18.7 Å². The Bertz CT molecular complexity index is 988. The second-order valence-corrected chi connectivity index (χ2v) is 7.56. The number of carbonyl (C=O) groups excluding carboxylic acids is 1. The molecule has 0 aliphatic carbocycles. The second kappa shape index (κ2) is 11.9. The van der Waals surface area contributed by atoms with Gasteiger partial charge in [0.05, 0.1) is 19.3 Å². The molecule has 0 aliphatic heterocycles. The number of hydrogen-bond donors (Lipinski definition) is 1. The Morgan fingerprint density at radius 3 is 2.44 bits per heavy atom. The van der Waals surface area contributed by atoms with E-state index in [0.717, 1.165) is 29.7 Å². The summed E-state index contributed by atoms with van der Waals surface area (Å²) < 4.78 is 17.3. The summed E-state index contributed by atoms with van der Waals surface area (Å²) in [5.41, 5.74) is 1.81. The van der Waals surface area contributed by atoms with Crippen LogP contribution in [0.1, 0.15) is 57.5 Å². The van der Waals surface area contributed by atoms with Crippen LogP contribution >= 0.6 is 0 Å². The molecule has 1 N–H and O–H groups in total. The summed E-state index contributed by atoms with van der Waals surface area (Å²) in [6, 6.07) is 15.2. The van der Waals surface area contributed by atoms with E-state index in [2.05, 4.69) is 29.4 Å². The molecule has 2 aromatic carbocycles. The third-order valence-corrected chi connectivity index (χ3v) is 4.82. The fourth-order valence-electron chi connectivity index (χ4n) is 3.12. The minimum Gasteiger partial charge on any atom is -0.490 e. The van der Waals surface area contributed by atoms with Gasteiger partial charge in [-0.15, -0.1) is 10.2 Å². The van der Waals surface area contributed by atoms with Crippen molar-refractivity contribution in [2.45, 2.75) is 52.5 Å². The molecule has 0 saturated carbocycles. The van der Waals surface area contributed by atoms with Crippen LogP contribution in [-0.4, -0.2) is 29.3 Å². The van der Waals surface area contributed by atoms with Crippen molar-refractivity contribution in [1.82, 2.24) is 15.5 Å². The number of hydrogen-bond acceptors (Lipinski definition) is 6. The number of nitrogens with zero attached hydrogens (tertiary/aromatic N) is 2. The van der Waals surface area contributed by atoms with E-state index in [4.69, 9.17) is 13.9 Å². The highest BCUT2D eigenvalue weighted by molar-refractivity contribution is 5.76. The van der Waals surface area contributed by atoms with Crippen LogP contribution in [0.3, 0.4) is 0 Å². The lowest BCUT2D eigenvalue weighted by Crippen LogP contribution is -2.26. The molecule has 7 heteroatoms. The maximum absolute atomic E-state index is 12.5. The van der Waals surface area contributed by atoms with E-state index >= 15 is 0 Å². The van der Waals surface area contributed by atoms with Crippen LogP contribution in [0.25, 0.3) is 11.5 Å². The summed E-state index contributed by atoms with van der Waals surface area (Å²) in [5, 5.41) is 11.1. The largest absolute Gasteiger partial charge is 0.490 e. The number of aryl methyl sites for hydroxylation is 1. The quantitative estimate of drug-likeness (QED) is 0.423. The highest BCUT2D eigenvalue weighted by atomic mass is 16.5. The molecule has 1 aromatic heterocycles. The zero-order valence-corrected chi connectivity index (χ0v) is 19.0. The van der Waals surface area contributed by atoms with Crippen LogP contribution in [0.4, 0.5) is 0 Å². The van der Waals surface area contributed by atoms with Gasteiger partial charge in [0.1, 0.15) is 0 Å². The van der Waals surface area contributed by atoms with Crippen LogP contribution in [0.2, 0.25) is 0 Å². The van der Waals surface area contributed by atoms with Gasteiger partial charge < -0.3 is 19.2 Å². The van der Waals surface area contributed by atoms with E-state index in [1.165, 1.54) is 0 Å². The molecule has 0 saturated heterocycles. The maximum Gasteiger partial charge on any atom is 0.247 e. The second-order valence-electron chi connectivity index (χ2n) is 7.56. The average molecular weight is 438 g/mol. The normalized spacial score (nSPS) is 11.7. The molecule has 1 heterocycles. The van der Waals surface area contributed by atoms with Gasteiger partial charge in [-0.05, 0) is 49.6 Å². The SMILES string of the molecule is CCCOc1ccc(C(C)NC(=O)CCc2nnc(-c3ccccc3)o2)cc1OCCC. The van der Waals surface area contributed by atoms with Gasteiger partial charge in [0.25, 0.3) is 0 Å². The molecule has 1 amide bonds. The van der Waals surface area contributed by atoms with Crippen molar-refractivity contribution in [3.8, 4) is 23.0 Å². The van der Waals surface area contributed by atoms with E-state index < -0.39 is 0 Å². The lowest BCUT2D eigenvalue weighted by atomic mass is 10.1. The van der Waals surface area contributed by atoms with Gasteiger partial charge in [0, 0.05) is 18.4 Å². The predicted octanol–water partition coefficient (Wildman–Crippen LogP) is 5.12. The number of benzene rings is 2. The maximum atomic E-state index is 12.5. The Morgan fingerprint density at radius 2 is 1.72 bits per heavy atom. The monoisotopic (exact) mass is 437 g/mol. The molecule has 3 aromatic rings. The molecule has 0 bridgehead atoms. The first-order valence-corrected chi connectivity index (χ1v) is 11.2. The average Bonchev–Trinajstić information content (AvgIpc) is 3.30. The highest BCUT2D eigenvalue weighted by Gasteiger charge is 2.15. The number of carbonyl (C=O) groups is 1. The Labute approximate surface area is 189 Å². The molecule has 0 aliphatic rings. The van der Waals surface area contributed by atoms with Gasteiger partial charge >= 0.3 is 0 Å². The number of aromatic nitrogens is 2. The number of rotatable bonds is 12. The molecular weight excluding hydrogens is 406 g/mol. The minimum absolute atomic E-state index is 0.0840. The third kappa shape index (κ3) is 6.57. The van der Waals surface area contributed by atoms with Crippen LogP contribution in [0.5, 0.6) is 11.5 Å². The molecule has 0 radical (unpaired) electrons. The standard InChI is InChI=1S/C25H31N3O4/c1-4-15-30-21-12-11-20(17-22(21)31-16-5-2)18(3)26-23(29)13-14-24-27-28-25(32-24)19-9-7-6-8-10-19/h6-12,17-18H,4-5,13-16H2,1-3H3,(H,26,29). The van der Waals surface area contributed by atoms with Crippen molar-refractivity contribution >= 4 is 5.91 Å². The van der Waals surface area contributed by atoms with Gasteiger partial charge in [-0.3, -0.25) is 4.79 Å². The minimum atomic E-state index is -0.172. The molecule has 7 nitrogen and oxygen atoms in total. The molecule has 32 heavy (non-hydrogen) atoms. The molecule has 3 rings (SSSR count). The van der Waals surface area contributed by atoms with Gasteiger partial charge in [0.15, 0.2) is 11.5 Å². The Kier molecular flexibility index (Phi) is 8.66. The third-order valence-electron chi connectivity index (χ3n) is 4.82. The topological polar surface area (TPSA) is 86.5 Å². The van der Waals surface area contributed by atoms with Gasteiger partial charge in [-0.25, -0.2) is 0 Å². The van der Waals surface area contributed by atoms with Crippen LogP contribution in [0, 0.1) is 0 Å². The van der Waals surface area contributed by atoms with Gasteiger partial charge in [-0.1, -0.05) is 38.1 Å². The van der Waals surface area contributed by atoms with Crippen molar-refractivity contribution in [2.24, 2.45) is 0 Å². The van der Waals surface area contributed by atoms with Gasteiger partial charge in [0.2, 0.25) is 17.7 Å². The summed E-state index contributed by atoms with van der Waals surface area (Å²) >= 11 is 0. The smallest absolute Gasteiger partial charge is 0.247 e. The molecule has 0 fully saturated rings. The van der Waals surface area contributed by atoms with E-state index in [0.29, 0.717) is 37.2 Å². The first-order valence-electron chi connectivity index (χ1n) is 11.2. The van der Waals surface area contributed by atoms with Crippen LogP contribution in [-0.2, 0) is 11.2 Å².